The van der Waals surface area contributed by atoms with Crippen LogP contribution >= 0.6 is 23.1 Å². The molecule has 0 bridgehead atoms. The molecular weight excluding hydrogens is 390 g/mol. The highest BCUT2D eigenvalue weighted by atomic mass is 32.2. The monoisotopic (exact) mass is 409 g/mol. The van der Waals surface area contributed by atoms with Crippen molar-refractivity contribution in [2.45, 2.75) is 24.8 Å². The summed E-state index contributed by atoms with van der Waals surface area (Å²) in [6.45, 7) is 4.14. The molecule has 2 aromatic carbocycles. The molecule has 0 spiro atoms. The average molecular weight is 410 g/mol. The van der Waals surface area contributed by atoms with Gasteiger partial charge in [-0.2, -0.15) is 4.68 Å². The fourth-order valence-corrected chi connectivity index (χ4v) is 4.73. The predicted molar refractivity (Wildman–Crippen MR) is 112 cm³/mol. The largest absolute Gasteiger partial charge is 0.496 e. The van der Waals surface area contributed by atoms with Gasteiger partial charge in [0.1, 0.15) is 10.8 Å². The second-order valence-electron chi connectivity index (χ2n) is 6.25. The molecule has 0 saturated carbocycles. The van der Waals surface area contributed by atoms with E-state index in [-0.39, 0.29) is 0 Å². The van der Waals surface area contributed by atoms with Gasteiger partial charge in [-0.25, -0.2) is 4.98 Å². The number of para-hydroxylation sites is 2. The lowest BCUT2D eigenvalue weighted by Gasteiger charge is -2.10. The van der Waals surface area contributed by atoms with Crippen molar-refractivity contribution >= 4 is 23.1 Å². The lowest BCUT2D eigenvalue weighted by molar-refractivity contribution is 0.416. The molecule has 0 N–H and O–H groups in total. The Morgan fingerprint density at radius 3 is 2.64 bits per heavy atom. The van der Waals surface area contributed by atoms with Gasteiger partial charge in [-0.1, -0.05) is 42.1 Å². The van der Waals surface area contributed by atoms with Crippen LogP contribution in [0.4, 0.5) is 0 Å². The number of benzene rings is 2. The maximum atomic E-state index is 5.45. The molecule has 28 heavy (non-hydrogen) atoms. The maximum absolute atomic E-state index is 5.45. The zero-order valence-corrected chi connectivity index (χ0v) is 17.4. The Labute approximate surface area is 171 Å². The van der Waals surface area contributed by atoms with E-state index < -0.39 is 0 Å². The minimum absolute atomic E-state index is 0.691. The molecule has 142 valence electrons. The van der Waals surface area contributed by atoms with E-state index >= 15 is 0 Å². The Morgan fingerprint density at radius 1 is 1.07 bits per heavy atom. The third-order valence-corrected chi connectivity index (χ3v) is 6.21. The van der Waals surface area contributed by atoms with E-state index in [0.29, 0.717) is 5.75 Å². The van der Waals surface area contributed by atoms with Gasteiger partial charge in [0.2, 0.25) is 5.16 Å². The van der Waals surface area contributed by atoms with Crippen molar-refractivity contribution in [1.82, 2.24) is 25.2 Å². The van der Waals surface area contributed by atoms with Crippen molar-refractivity contribution in [1.29, 1.82) is 0 Å². The molecule has 0 radical (unpaired) electrons. The summed E-state index contributed by atoms with van der Waals surface area (Å²) in [6.07, 6.45) is 0. The standard InChI is InChI=1S/C20H19N5OS2/c1-13-7-6-8-14(2)18(13)25-20(22-23-24-25)28-12-15-11-27-19(21-15)16-9-4-5-10-17(16)26-3/h4-11H,12H2,1-3H3. The normalized spacial score (nSPS) is 11.0. The van der Waals surface area contributed by atoms with Gasteiger partial charge in [0.25, 0.3) is 0 Å². The summed E-state index contributed by atoms with van der Waals surface area (Å²) in [4.78, 5) is 4.77. The van der Waals surface area contributed by atoms with E-state index in [4.69, 9.17) is 9.72 Å². The van der Waals surface area contributed by atoms with Crippen molar-refractivity contribution in [3.8, 4) is 22.0 Å². The summed E-state index contributed by atoms with van der Waals surface area (Å²) in [5.41, 5.74) is 5.31. The van der Waals surface area contributed by atoms with E-state index in [1.54, 1.807) is 30.2 Å². The molecule has 6 nitrogen and oxygen atoms in total. The molecule has 4 aromatic rings. The number of hydrogen-bond donors (Lipinski definition) is 0. The molecule has 0 unspecified atom stereocenters. The average Bonchev–Trinajstić information content (AvgIpc) is 3.36. The molecule has 4 rings (SSSR count). The highest BCUT2D eigenvalue weighted by Gasteiger charge is 2.15. The first-order valence-corrected chi connectivity index (χ1v) is 10.6. The van der Waals surface area contributed by atoms with Crippen LogP contribution in [-0.4, -0.2) is 32.3 Å². The zero-order chi connectivity index (χ0) is 19.5. The molecule has 2 heterocycles. The lowest BCUT2D eigenvalue weighted by atomic mass is 10.1. The van der Waals surface area contributed by atoms with Crippen LogP contribution in [0.2, 0.25) is 0 Å². The van der Waals surface area contributed by atoms with Gasteiger partial charge in [0.15, 0.2) is 0 Å². The minimum Gasteiger partial charge on any atom is -0.496 e. The van der Waals surface area contributed by atoms with Crippen molar-refractivity contribution in [3.63, 3.8) is 0 Å². The van der Waals surface area contributed by atoms with E-state index in [1.165, 1.54) is 0 Å². The number of aromatic nitrogens is 5. The maximum Gasteiger partial charge on any atom is 0.214 e. The topological polar surface area (TPSA) is 65.7 Å². The second kappa shape index (κ2) is 8.12. The van der Waals surface area contributed by atoms with Crippen LogP contribution in [0.15, 0.2) is 53.0 Å². The molecule has 0 amide bonds. The molecular formula is C20H19N5OS2. The summed E-state index contributed by atoms with van der Waals surface area (Å²) in [6, 6.07) is 14.1. The molecule has 0 fully saturated rings. The van der Waals surface area contributed by atoms with Crippen molar-refractivity contribution < 1.29 is 4.74 Å². The van der Waals surface area contributed by atoms with Crippen LogP contribution in [0.25, 0.3) is 16.3 Å². The highest BCUT2D eigenvalue weighted by Crippen LogP contribution is 2.33. The fourth-order valence-electron chi connectivity index (χ4n) is 3.01. The highest BCUT2D eigenvalue weighted by molar-refractivity contribution is 7.98. The Morgan fingerprint density at radius 2 is 1.86 bits per heavy atom. The number of ether oxygens (including phenoxy) is 1. The van der Waals surface area contributed by atoms with E-state index in [9.17, 15) is 0 Å². The van der Waals surface area contributed by atoms with Crippen LogP contribution in [0.3, 0.4) is 0 Å². The lowest BCUT2D eigenvalue weighted by Crippen LogP contribution is -2.04. The third kappa shape index (κ3) is 3.65. The van der Waals surface area contributed by atoms with Crippen LogP contribution in [0, 0.1) is 13.8 Å². The van der Waals surface area contributed by atoms with Crippen LogP contribution < -0.4 is 4.74 Å². The van der Waals surface area contributed by atoms with Crippen molar-refractivity contribution in [3.05, 3.63) is 64.7 Å². The first-order valence-electron chi connectivity index (χ1n) is 8.73. The number of thioether (sulfide) groups is 1. The van der Waals surface area contributed by atoms with Crippen LogP contribution in [-0.2, 0) is 5.75 Å². The van der Waals surface area contributed by atoms with Gasteiger partial charge >= 0.3 is 0 Å². The number of tetrazole rings is 1. The Balaban J connectivity index is 1.54. The van der Waals surface area contributed by atoms with Gasteiger partial charge in [-0.3, -0.25) is 0 Å². The number of rotatable bonds is 6. The van der Waals surface area contributed by atoms with Crippen molar-refractivity contribution in [2.75, 3.05) is 7.11 Å². The quantitative estimate of drug-likeness (QED) is 0.430. The third-order valence-electron chi connectivity index (χ3n) is 4.33. The molecule has 0 aliphatic rings. The fraction of sp³-hybridized carbons (Fsp3) is 0.200. The van der Waals surface area contributed by atoms with Gasteiger partial charge in [-0.05, 0) is 47.5 Å². The number of aryl methyl sites for hydroxylation is 2. The SMILES string of the molecule is COc1ccccc1-c1nc(CSc2nnnn2-c2c(C)cccc2C)cs1. The van der Waals surface area contributed by atoms with Gasteiger partial charge in [0.05, 0.1) is 24.1 Å². The Kier molecular flexibility index (Phi) is 5.40. The second-order valence-corrected chi connectivity index (χ2v) is 8.05. The van der Waals surface area contributed by atoms with E-state index in [2.05, 4.69) is 46.9 Å². The molecule has 0 atom stereocenters. The number of nitrogens with zero attached hydrogens (tertiary/aromatic N) is 5. The molecule has 0 aliphatic heterocycles. The summed E-state index contributed by atoms with van der Waals surface area (Å²) < 4.78 is 7.25. The molecule has 0 aliphatic carbocycles. The van der Waals surface area contributed by atoms with Crippen LogP contribution in [0.5, 0.6) is 5.75 Å². The Bertz CT molecular complexity index is 1090. The van der Waals surface area contributed by atoms with Gasteiger partial charge in [-0.15, -0.1) is 16.4 Å². The summed E-state index contributed by atoms with van der Waals surface area (Å²) in [7, 11) is 1.68. The smallest absolute Gasteiger partial charge is 0.214 e. The van der Waals surface area contributed by atoms with Gasteiger partial charge < -0.3 is 4.74 Å². The first kappa shape index (κ1) is 18.6. The number of methoxy groups -OCH3 is 1. The molecule has 0 saturated heterocycles. The minimum atomic E-state index is 0.691. The summed E-state index contributed by atoms with van der Waals surface area (Å²) >= 11 is 3.19. The number of thiazole rings is 1. The van der Waals surface area contributed by atoms with Crippen molar-refractivity contribution in [2.24, 2.45) is 0 Å². The summed E-state index contributed by atoms with van der Waals surface area (Å²) in [5.74, 6) is 1.52. The number of hydrogen-bond acceptors (Lipinski definition) is 7. The van der Waals surface area contributed by atoms with Gasteiger partial charge in [0, 0.05) is 11.1 Å². The Hall–Kier alpha value is -2.71. The summed E-state index contributed by atoms with van der Waals surface area (Å²) in [5, 5.41) is 16.0. The molecule has 8 heteroatoms. The molecule has 2 aromatic heterocycles. The predicted octanol–water partition coefficient (Wildman–Crippen LogP) is 4.70. The van der Waals surface area contributed by atoms with E-state index in [1.807, 2.05) is 35.0 Å². The first-order chi connectivity index (χ1) is 13.7. The van der Waals surface area contributed by atoms with Crippen LogP contribution in [0.1, 0.15) is 16.8 Å². The van der Waals surface area contributed by atoms with E-state index in [0.717, 1.165) is 44.0 Å². The zero-order valence-electron chi connectivity index (χ0n) is 15.8.